The number of fused-ring (bicyclic) bond motifs is 1. The summed E-state index contributed by atoms with van der Waals surface area (Å²) in [6.45, 7) is 4.74. The van der Waals surface area contributed by atoms with Crippen molar-refractivity contribution in [3.05, 3.63) is 35.5 Å². The molecule has 1 aliphatic heterocycles. The molecule has 3 unspecified atom stereocenters. The SMILES string of the molecule is [CH]OC1[C@@H](COP(=O)(O)OP(=O)(O)OP(=O)(O)O)O[C@@H](n2cnc3c(=S)nc(N)[nH]c32)[C@H]1OCC(=O)NCc1cc(C(C)(C)C)[nH][n+]1C. The standard InChI is InChI=1S/C22H33N8O14P3S/c1-22(2,3)13-6-11(29(4)28-13)7-24-14(31)9-40-17-16(39-5)12(8-41-46(35,36)44-47(37,38)43-45(32,33)34)42-20(17)30-10-25-15-18(30)26-21(23)27-19(15)48/h5-6,10,12,16-17,20H,7-9H2,1-4H3,(H8,23,24,26,27,31,32,33,34,35,36,37,38,48)/p+1/t12-,16?,17+,20-/m1/s1. The average Bonchev–Trinajstić information content (AvgIpc) is 3.61. The molecule has 3 aromatic heterocycles. The molecule has 0 spiro atoms. The van der Waals surface area contributed by atoms with Crippen molar-refractivity contribution in [1.29, 1.82) is 0 Å². The van der Waals surface area contributed by atoms with Crippen molar-refractivity contribution >= 4 is 58.7 Å². The first-order valence-corrected chi connectivity index (χ1v) is 18.5. The Morgan fingerprint density at radius 2 is 1.90 bits per heavy atom. The highest BCUT2D eigenvalue weighted by molar-refractivity contribution is 7.71. The number of amides is 1. The van der Waals surface area contributed by atoms with E-state index in [4.69, 9.17) is 53.6 Å². The second-order valence-corrected chi connectivity index (χ2v) is 16.2. The predicted octanol–water partition coefficient (Wildman–Crippen LogP) is 0.517. The van der Waals surface area contributed by atoms with Gasteiger partial charge in [0.1, 0.15) is 49.7 Å². The molecule has 1 amide bonds. The van der Waals surface area contributed by atoms with Gasteiger partial charge in [-0.2, -0.15) is 13.7 Å². The smallest absolute Gasteiger partial charge is 0.369 e. The highest BCUT2D eigenvalue weighted by Crippen LogP contribution is 2.66. The van der Waals surface area contributed by atoms with Crippen LogP contribution >= 0.6 is 35.7 Å². The average molecular weight is 760 g/mol. The summed E-state index contributed by atoms with van der Waals surface area (Å²) in [6, 6.07) is 1.91. The molecule has 6 atom stereocenters. The zero-order valence-electron chi connectivity index (χ0n) is 25.7. The first-order chi connectivity index (χ1) is 22.1. The van der Waals surface area contributed by atoms with E-state index < -0.39 is 67.1 Å². The van der Waals surface area contributed by atoms with Crippen LogP contribution in [0.15, 0.2) is 12.4 Å². The summed E-state index contributed by atoms with van der Waals surface area (Å²) in [5.41, 5.74) is 7.79. The van der Waals surface area contributed by atoms with Gasteiger partial charge in [0.05, 0.1) is 18.6 Å². The summed E-state index contributed by atoms with van der Waals surface area (Å²) in [6.07, 6.45) is -4.01. The number of aryl methyl sites for hydroxylation is 1. The number of nitrogen functional groups attached to an aromatic ring is 1. The second kappa shape index (κ2) is 14.4. The van der Waals surface area contributed by atoms with Crippen LogP contribution in [-0.2, 0) is 64.9 Å². The number of H-pyrrole nitrogens is 2. The minimum absolute atomic E-state index is 0.0400. The molecule has 266 valence electrons. The van der Waals surface area contributed by atoms with Crippen molar-refractivity contribution in [3.63, 3.8) is 0 Å². The minimum Gasteiger partial charge on any atom is -0.369 e. The van der Waals surface area contributed by atoms with Gasteiger partial charge in [-0.25, -0.2) is 23.7 Å². The van der Waals surface area contributed by atoms with E-state index in [1.165, 1.54) is 10.9 Å². The molecule has 0 saturated carbocycles. The number of phosphoric ester groups is 1. The number of aromatic amines is 2. The van der Waals surface area contributed by atoms with E-state index in [-0.39, 0.29) is 33.7 Å². The molecule has 0 aromatic carbocycles. The van der Waals surface area contributed by atoms with Gasteiger partial charge in [-0.15, -0.1) is 4.68 Å². The molecule has 26 heteroatoms. The van der Waals surface area contributed by atoms with Crippen LogP contribution in [0.4, 0.5) is 5.95 Å². The zero-order valence-corrected chi connectivity index (χ0v) is 29.1. The number of hydrogen-bond acceptors (Lipinski definition) is 14. The Labute approximate surface area is 277 Å². The Morgan fingerprint density at radius 3 is 2.50 bits per heavy atom. The molecule has 1 saturated heterocycles. The Bertz CT molecular complexity index is 1850. The van der Waals surface area contributed by atoms with Crippen molar-refractivity contribution in [2.24, 2.45) is 7.05 Å². The fraction of sp³-hybridized carbons (Fsp3) is 0.545. The summed E-state index contributed by atoms with van der Waals surface area (Å²) < 4.78 is 67.3. The number of nitrogens with zero attached hydrogens (tertiary/aromatic N) is 4. The molecule has 4 rings (SSSR count). The van der Waals surface area contributed by atoms with E-state index in [0.717, 1.165) is 11.4 Å². The van der Waals surface area contributed by atoms with Gasteiger partial charge in [-0.05, 0) is 0 Å². The second-order valence-electron chi connectivity index (χ2n) is 11.4. The number of phosphoric acid groups is 3. The van der Waals surface area contributed by atoms with E-state index in [2.05, 4.69) is 34.0 Å². The highest BCUT2D eigenvalue weighted by atomic mass is 32.1. The van der Waals surface area contributed by atoms with Crippen LogP contribution in [0.25, 0.3) is 11.2 Å². The maximum atomic E-state index is 12.9. The molecule has 1 fully saturated rings. The summed E-state index contributed by atoms with van der Waals surface area (Å²) in [5, 5.41) is 5.96. The third kappa shape index (κ3) is 9.61. The molecule has 2 radical (unpaired) electrons. The first kappa shape index (κ1) is 38.3. The van der Waals surface area contributed by atoms with E-state index in [0.29, 0.717) is 0 Å². The summed E-state index contributed by atoms with van der Waals surface area (Å²) >= 11 is 5.22. The fourth-order valence-corrected chi connectivity index (χ4v) is 7.82. The van der Waals surface area contributed by atoms with Crippen LogP contribution in [0.1, 0.15) is 38.4 Å². The largest absolute Gasteiger partial charge is 0.490 e. The van der Waals surface area contributed by atoms with Crippen LogP contribution in [0.3, 0.4) is 0 Å². The summed E-state index contributed by atoms with van der Waals surface area (Å²) in [7, 11) is -9.63. The fourth-order valence-electron chi connectivity index (χ4n) is 4.54. The van der Waals surface area contributed by atoms with Gasteiger partial charge >= 0.3 is 23.5 Å². The maximum absolute atomic E-state index is 12.9. The Morgan fingerprint density at radius 1 is 1.21 bits per heavy atom. The van der Waals surface area contributed by atoms with Crippen LogP contribution in [0.2, 0.25) is 0 Å². The van der Waals surface area contributed by atoms with Crippen molar-refractivity contribution in [1.82, 2.24) is 29.9 Å². The summed E-state index contributed by atoms with van der Waals surface area (Å²) in [4.78, 5) is 60.7. The number of rotatable bonds is 14. The Kier molecular flexibility index (Phi) is 11.5. The van der Waals surface area contributed by atoms with Gasteiger partial charge in [0.25, 0.3) is 0 Å². The Balaban J connectivity index is 1.53. The van der Waals surface area contributed by atoms with Gasteiger partial charge in [0.15, 0.2) is 23.9 Å². The number of aromatic nitrogens is 6. The first-order valence-electron chi connectivity index (χ1n) is 13.6. The molecule has 3 aromatic rings. The highest BCUT2D eigenvalue weighted by Gasteiger charge is 2.49. The number of hydrogen-bond donors (Lipinski definition) is 8. The molecule has 0 aliphatic carbocycles. The van der Waals surface area contributed by atoms with Gasteiger partial charge in [-0.3, -0.25) is 13.9 Å². The lowest BCUT2D eigenvalue weighted by Gasteiger charge is -2.24. The Hall–Kier alpha value is -2.46. The maximum Gasteiger partial charge on any atom is 0.490 e. The van der Waals surface area contributed by atoms with Crippen molar-refractivity contribution in [2.45, 2.75) is 57.3 Å². The molecular weight excluding hydrogens is 725 g/mol. The monoisotopic (exact) mass is 759 g/mol. The number of ether oxygens (including phenoxy) is 3. The van der Waals surface area contributed by atoms with Crippen molar-refractivity contribution < 1.29 is 70.1 Å². The number of imidazole rings is 1. The van der Waals surface area contributed by atoms with Crippen molar-refractivity contribution in [3.8, 4) is 0 Å². The van der Waals surface area contributed by atoms with Gasteiger partial charge in [0, 0.05) is 11.5 Å². The quantitative estimate of drug-likeness (QED) is 0.0631. The normalized spacial score (nSPS) is 22.9. The van der Waals surface area contributed by atoms with Crippen LogP contribution < -0.4 is 15.7 Å². The van der Waals surface area contributed by atoms with E-state index in [1.807, 2.05) is 26.8 Å². The van der Waals surface area contributed by atoms with Crippen LogP contribution in [-0.4, -0.2) is 81.6 Å². The molecule has 48 heavy (non-hydrogen) atoms. The molecule has 0 bridgehead atoms. The van der Waals surface area contributed by atoms with E-state index in [1.54, 1.807) is 11.7 Å². The zero-order chi connectivity index (χ0) is 35.8. The number of nitrogens with one attached hydrogen (secondary N) is 3. The molecule has 22 nitrogen and oxygen atoms in total. The van der Waals surface area contributed by atoms with Gasteiger partial charge in [-0.1, -0.05) is 33.0 Å². The predicted molar refractivity (Wildman–Crippen MR) is 162 cm³/mol. The lowest BCUT2D eigenvalue weighted by Crippen LogP contribution is -2.41. The summed E-state index contributed by atoms with van der Waals surface area (Å²) in [5.74, 6) is -0.629. The lowest BCUT2D eigenvalue weighted by molar-refractivity contribution is -0.734. The number of carbonyl (C=O) groups is 1. The lowest BCUT2D eigenvalue weighted by atomic mass is 9.92. The minimum atomic E-state index is -5.80. The molecule has 4 heterocycles. The van der Waals surface area contributed by atoms with Crippen LogP contribution in [0, 0.1) is 11.8 Å². The topological polar surface area (TPSA) is 309 Å². The third-order valence-corrected chi connectivity index (χ3v) is 10.8. The number of anilines is 1. The molecular formula is C22H34N8O14P3S+. The van der Waals surface area contributed by atoms with Crippen LogP contribution in [0.5, 0.6) is 0 Å². The number of nitrogens with two attached hydrogens (primary N) is 1. The van der Waals surface area contributed by atoms with Crippen molar-refractivity contribution in [2.75, 3.05) is 18.9 Å². The van der Waals surface area contributed by atoms with E-state index >= 15 is 0 Å². The third-order valence-electron chi connectivity index (χ3n) is 6.71. The molecule has 9 N–H and O–H groups in total. The molecule has 1 aliphatic rings. The number of carbonyl (C=O) groups excluding carboxylic acids is 1. The van der Waals surface area contributed by atoms with Gasteiger partial charge < -0.3 is 49.8 Å². The van der Waals surface area contributed by atoms with Gasteiger partial charge in [0.2, 0.25) is 11.6 Å². The van der Waals surface area contributed by atoms with E-state index in [9.17, 15) is 28.3 Å².